The fourth-order valence-corrected chi connectivity index (χ4v) is 1.13. The molecule has 0 saturated carbocycles. The lowest BCUT2D eigenvalue weighted by Crippen LogP contribution is -1.77. The van der Waals surface area contributed by atoms with Gasteiger partial charge in [-0.05, 0) is 6.07 Å². The van der Waals surface area contributed by atoms with E-state index in [-0.39, 0.29) is 0 Å². The van der Waals surface area contributed by atoms with Gasteiger partial charge in [-0.15, -0.1) is 0 Å². The van der Waals surface area contributed by atoms with E-state index in [1.54, 1.807) is 13.2 Å². The van der Waals surface area contributed by atoms with E-state index in [1.165, 1.54) is 6.26 Å². The molecule has 62 valence electrons. The van der Waals surface area contributed by atoms with Crippen LogP contribution in [0.5, 0.6) is 5.75 Å². The third-order valence-corrected chi connectivity index (χ3v) is 1.70. The summed E-state index contributed by atoms with van der Waals surface area (Å²) in [6, 6.07) is 1.69. The maximum atomic E-state index is 10.4. The van der Waals surface area contributed by atoms with E-state index in [2.05, 4.69) is 4.98 Å². The number of fused-ring (bicyclic) bond motifs is 1. The molecule has 0 amide bonds. The van der Waals surface area contributed by atoms with Crippen molar-refractivity contribution < 1.29 is 13.9 Å². The van der Waals surface area contributed by atoms with Crippen LogP contribution in [0.1, 0.15) is 10.5 Å². The van der Waals surface area contributed by atoms with Gasteiger partial charge >= 0.3 is 0 Å². The number of rotatable bonds is 2. The Labute approximate surface area is 68.1 Å². The Balaban J connectivity index is 2.68. The molecule has 0 aliphatic rings. The number of ether oxygens (including phenoxy) is 1. The minimum Gasteiger partial charge on any atom is -0.493 e. The highest BCUT2D eigenvalue weighted by atomic mass is 16.5. The Bertz CT molecular complexity index is 413. The highest BCUT2D eigenvalue weighted by Gasteiger charge is 2.08. The lowest BCUT2D eigenvalue weighted by atomic mass is 10.3. The van der Waals surface area contributed by atoms with Gasteiger partial charge in [0.1, 0.15) is 6.26 Å². The number of aromatic nitrogens is 1. The molecule has 4 nitrogen and oxygen atoms in total. The largest absolute Gasteiger partial charge is 0.493 e. The molecule has 2 aromatic heterocycles. The van der Waals surface area contributed by atoms with Gasteiger partial charge in [-0.1, -0.05) is 0 Å². The van der Waals surface area contributed by atoms with Gasteiger partial charge in [-0.25, -0.2) is 0 Å². The van der Waals surface area contributed by atoms with E-state index >= 15 is 0 Å². The first-order chi connectivity index (χ1) is 5.85. The molecule has 0 aliphatic carbocycles. The summed E-state index contributed by atoms with van der Waals surface area (Å²) in [6.07, 6.45) is 2.23. The van der Waals surface area contributed by atoms with Crippen LogP contribution in [0.4, 0.5) is 0 Å². The van der Waals surface area contributed by atoms with Crippen LogP contribution >= 0.6 is 0 Å². The maximum absolute atomic E-state index is 10.4. The Morgan fingerprint density at radius 2 is 2.50 bits per heavy atom. The normalized spacial score (nSPS) is 10.4. The topological polar surface area (TPSA) is 55.2 Å². The van der Waals surface area contributed by atoms with Crippen LogP contribution in [0.3, 0.4) is 0 Å². The van der Waals surface area contributed by atoms with Gasteiger partial charge in [0.05, 0.1) is 18.2 Å². The van der Waals surface area contributed by atoms with Gasteiger partial charge < -0.3 is 14.1 Å². The zero-order valence-electron chi connectivity index (χ0n) is 6.46. The van der Waals surface area contributed by atoms with Crippen LogP contribution in [-0.2, 0) is 0 Å². The molecule has 0 saturated heterocycles. The molecule has 0 fully saturated rings. The fraction of sp³-hybridized carbons (Fsp3) is 0.125. The molecule has 2 heterocycles. The van der Waals surface area contributed by atoms with Gasteiger partial charge in [-0.2, -0.15) is 0 Å². The van der Waals surface area contributed by atoms with Crippen LogP contribution in [0, 0.1) is 0 Å². The second-order valence-electron chi connectivity index (χ2n) is 2.39. The van der Waals surface area contributed by atoms with Gasteiger partial charge in [-0.3, -0.25) is 4.79 Å². The summed E-state index contributed by atoms with van der Waals surface area (Å²) in [5.74, 6) is 0.634. The van der Waals surface area contributed by atoms with Crippen LogP contribution in [0.15, 0.2) is 16.7 Å². The summed E-state index contributed by atoms with van der Waals surface area (Å²) in [5, 5.41) is 0.791. The maximum Gasteiger partial charge on any atom is 0.208 e. The first kappa shape index (κ1) is 6.97. The van der Waals surface area contributed by atoms with Crippen molar-refractivity contribution >= 4 is 17.4 Å². The molecule has 0 unspecified atom stereocenters. The number of carbonyl (C=O) groups is 1. The number of hydrogen-bond acceptors (Lipinski definition) is 3. The first-order valence-electron chi connectivity index (χ1n) is 3.44. The molecule has 0 aliphatic heterocycles. The number of hydrogen-bond donors (Lipinski definition) is 1. The van der Waals surface area contributed by atoms with E-state index in [9.17, 15) is 4.79 Å². The van der Waals surface area contributed by atoms with Gasteiger partial charge in [0, 0.05) is 0 Å². The zero-order chi connectivity index (χ0) is 8.55. The number of H-pyrrole nitrogens is 1. The Hall–Kier alpha value is -1.71. The zero-order valence-corrected chi connectivity index (χ0v) is 6.46. The molecule has 0 spiro atoms. The monoisotopic (exact) mass is 165 g/mol. The quantitative estimate of drug-likeness (QED) is 0.687. The first-order valence-corrected chi connectivity index (χ1v) is 3.44. The molecule has 2 rings (SSSR count). The van der Waals surface area contributed by atoms with E-state index < -0.39 is 0 Å². The molecule has 4 heteroatoms. The molecule has 0 radical (unpaired) electrons. The van der Waals surface area contributed by atoms with Crippen molar-refractivity contribution in [3.8, 4) is 5.75 Å². The van der Waals surface area contributed by atoms with Crippen molar-refractivity contribution in [1.82, 2.24) is 4.98 Å². The smallest absolute Gasteiger partial charge is 0.208 e. The molecule has 12 heavy (non-hydrogen) atoms. The van der Waals surface area contributed by atoms with Crippen molar-refractivity contribution in [3.05, 3.63) is 18.0 Å². The standard InChI is InChI=1S/C8H7NO3/c1-11-7-4-12-8-6(7)2-5(3-10)9-8/h2-4,9H,1H3. The summed E-state index contributed by atoms with van der Waals surface area (Å²) in [5.41, 5.74) is 1.05. The van der Waals surface area contributed by atoms with E-state index in [0.717, 1.165) is 11.7 Å². The van der Waals surface area contributed by atoms with Crippen LogP contribution < -0.4 is 4.74 Å². The Morgan fingerprint density at radius 1 is 1.67 bits per heavy atom. The lowest BCUT2D eigenvalue weighted by molar-refractivity contribution is 0.111. The molecule has 2 aromatic rings. The predicted octanol–water partition coefficient (Wildman–Crippen LogP) is 1.58. The molecule has 1 N–H and O–H groups in total. The average Bonchev–Trinajstić information content (AvgIpc) is 2.61. The number of aldehydes is 1. The molecular weight excluding hydrogens is 158 g/mol. The van der Waals surface area contributed by atoms with Crippen molar-refractivity contribution in [2.75, 3.05) is 7.11 Å². The number of furan rings is 1. The second kappa shape index (κ2) is 2.41. The van der Waals surface area contributed by atoms with Gasteiger partial charge in [0.2, 0.25) is 5.71 Å². The Morgan fingerprint density at radius 3 is 3.17 bits per heavy atom. The highest BCUT2D eigenvalue weighted by Crippen LogP contribution is 2.27. The number of aromatic amines is 1. The fourth-order valence-electron chi connectivity index (χ4n) is 1.13. The van der Waals surface area contributed by atoms with E-state index in [0.29, 0.717) is 17.2 Å². The molecule has 0 aromatic carbocycles. The molecule has 0 bridgehead atoms. The SMILES string of the molecule is COc1coc2[nH]c(C=O)cc12. The lowest BCUT2D eigenvalue weighted by Gasteiger charge is -1.88. The van der Waals surface area contributed by atoms with E-state index in [4.69, 9.17) is 9.15 Å². The van der Waals surface area contributed by atoms with Gasteiger partial charge in [0.15, 0.2) is 12.0 Å². The minimum atomic E-state index is 0.489. The molecule has 0 atom stereocenters. The summed E-state index contributed by atoms with van der Waals surface area (Å²) in [7, 11) is 1.55. The minimum absolute atomic E-state index is 0.489. The summed E-state index contributed by atoms with van der Waals surface area (Å²) in [4.78, 5) is 13.1. The molecular formula is C8H7NO3. The van der Waals surface area contributed by atoms with Crippen LogP contribution in [0.25, 0.3) is 11.1 Å². The van der Waals surface area contributed by atoms with Gasteiger partial charge in [0.25, 0.3) is 0 Å². The second-order valence-corrected chi connectivity index (χ2v) is 2.39. The summed E-state index contributed by atoms with van der Waals surface area (Å²) >= 11 is 0. The Kier molecular flexibility index (Phi) is 1.40. The van der Waals surface area contributed by atoms with Crippen molar-refractivity contribution in [2.24, 2.45) is 0 Å². The van der Waals surface area contributed by atoms with Crippen molar-refractivity contribution in [1.29, 1.82) is 0 Å². The number of carbonyl (C=O) groups excluding carboxylic acids is 1. The van der Waals surface area contributed by atoms with Crippen molar-refractivity contribution in [2.45, 2.75) is 0 Å². The number of nitrogens with one attached hydrogen (secondary N) is 1. The summed E-state index contributed by atoms with van der Waals surface area (Å²) in [6.45, 7) is 0. The van der Waals surface area contributed by atoms with Crippen LogP contribution in [-0.4, -0.2) is 18.4 Å². The van der Waals surface area contributed by atoms with E-state index in [1.807, 2.05) is 0 Å². The summed E-state index contributed by atoms with van der Waals surface area (Å²) < 4.78 is 10.1. The van der Waals surface area contributed by atoms with Crippen molar-refractivity contribution in [3.63, 3.8) is 0 Å². The number of methoxy groups -OCH3 is 1. The predicted molar refractivity (Wildman–Crippen MR) is 42.5 cm³/mol. The van der Waals surface area contributed by atoms with Crippen LogP contribution in [0.2, 0.25) is 0 Å². The highest BCUT2D eigenvalue weighted by molar-refractivity contribution is 5.89. The third kappa shape index (κ3) is 0.812. The average molecular weight is 165 g/mol. The third-order valence-electron chi connectivity index (χ3n) is 1.70.